The number of carbonyl (C=O) groups is 1. The van der Waals surface area contributed by atoms with E-state index in [2.05, 4.69) is 0 Å². The number of anilines is 1. The minimum Gasteiger partial charge on any atom is -0.508 e. The molecule has 82 valence electrons. The van der Waals surface area contributed by atoms with Gasteiger partial charge in [-0.3, -0.25) is 4.79 Å². The van der Waals surface area contributed by atoms with Crippen LogP contribution in [0.15, 0.2) is 24.3 Å². The second-order valence-corrected chi connectivity index (χ2v) is 3.71. The van der Waals surface area contributed by atoms with Crippen molar-refractivity contribution >= 4 is 11.6 Å². The van der Waals surface area contributed by atoms with Crippen molar-refractivity contribution < 1.29 is 9.90 Å². The number of likely N-dealkylation sites (N-methyl/N-ethyl adjacent to an activating group) is 2. The van der Waals surface area contributed by atoms with Crippen LogP contribution in [-0.2, 0) is 4.79 Å². The monoisotopic (exact) mass is 208 g/mol. The Morgan fingerprint density at radius 1 is 1.20 bits per heavy atom. The molecule has 1 aromatic rings. The van der Waals surface area contributed by atoms with Crippen molar-refractivity contribution in [3.8, 4) is 5.75 Å². The number of phenolic OH excluding ortho intramolecular Hbond substituents is 1. The first-order valence-electron chi connectivity index (χ1n) is 4.71. The smallest absolute Gasteiger partial charge is 0.240 e. The molecule has 4 nitrogen and oxygen atoms in total. The van der Waals surface area contributed by atoms with Gasteiger partial charge >= 0.3 is 0 Å². The van der Waals surface area contributed by atoms with Crippen LogP contribution in [0.5, 0.6) is 5.75 Å². The Kier molecular flexibility index (Phi) is 3.68. The highest BCUT2D eigenvalue weighted by Gasteiger charge is 2.11. The number of hydrogen-bond acceptors (Lipinski definition) is 3. The Labute approximate surface area is 89.7 Å². The number of benzene rings is 1. The van der Waals surface area contributed by atoms with Gasteiger partial charge < -0.3 is 14.9 Å². The normalized spacial score (nSPS) is 10.4. The Balaban J connectivity index is 2.71. The Bertz CT molecular complexity index is 333. The van der Waals surface area contributed by atoms with E-state index < -0.39 is 0 Å². The minimum absolute atomic E-state index is 0.0192. The zero-order valence-electron chi connectivity index (χ0n) is 9.27. The number of nitrogens with zero attached hydrogens (tertiary/aromatic N) is 2. The Hall–Kier alpha value is -1.55. The fraction of sp³-hybridized carbons (Fsp3) is 0.364. The van der Waals surface area contributed by atoms with Crippen molar-refractivity contribution in [3.05, 3.63) is 24.3 Å². The van der Waals surface area contributed by atoms with Crippen LogP contribution in [0.1, 0.15) is 0 Å². The van der Waals surface area contributed by atoms with Crippen molar-refractivity contribution in [2.45, 2.75) is 0 Å². The lowest BCUT2D eigenvalue weighted by Gasteiger charge is -2.19. The van der Waals surface area contributed by atoms with E-state index in [0.29, 0.717) is 6.54 Å². The minimum atomic E-state index is 0.0192. The maximum Gasteiger partial charge on any atom is 0.240 e. The first-order chi connectivity index (χ1) is 7.00. The van der Waals surface area contributed by atoms with E-state index in [1.54, 1.807) is 36.2 Å². The van der Waals surface area contributed by atoms with E-state index in [4.69, 9.17) is 5.11 Å². The maximum atomic E-state index is 11.7. The third kappa shape index (κ3) is 3.25. The topological polar surface area (TPSA) is 43.8 Å². The van der Waals surface area contributed by atoms with E-state index >= 15 is 0 Å². The van der Waals surface area contributed by atoms with Gasteiger partial charge in [0, 0.05) is 12.7 Å². The third-order valence-corrected chi connectivity index (χ3v) is 2.06. The Morgan fingerprint density at radius 2 is 1.73 bits per heavy atom. The highest BCUT2D eigenvalue weighted by molar-refractivity contribution is 5.94. The molecule has 0 unspecified atom stereocenters. The number of aromatic hydroxyl groups is 1. The van der Waals surface area contributed by atoms with Gasteiger partial charge in [-0.15, -0.1) is 0 Å². The molecule has 0 saturated heterocycles. The van der Waals surface area contributed by atoms with Gasteiger partial charge in [0.05, 0.1) is 6.54 Å². The summed E-state index contributed by atoms with van der Waals surface area (Å²) in [6, 6.07) is 6.55. The highest BCUT2D eigenvalue weighted by atomic mass is 16.3. The van der Waals surface area contributed by atoms with Crippen LogP contribution in [-0.4, -0.2) is 43.6 Å². The molecule has 1 aromatic carbocycles. The van der Waals surface area contributed by atoms with Gasteiger partial charge in [0.2, 0.25) is 5.91 Å². The molecule has 0 radical (unpaired) electrons. The zero-order valence-corrected chi connectivity index (χ0v) is 9.27. The molecule has 1 rings (SSSR count). The van der Waals surface area contributed by atoms with Gasteiger partial charge in [-0.25, -0.2) is 0 Å². The largest absolute Gasteiger partial charge is 0.508 e. The van der Waals surface area contributed by atoms with Gasteiger partial charge in [-0.2, -0.15) is 0 Å². The highest BCUT2D eigenvalue weighted by Crippen LogP contribution is 2.17. The molecule has 1 amide bonds. The molecular formula is C11H16N2O2. The lowest BCUT2D eigenvalue weighted by atomic mass is 10.3. The molecule has 0 heterocycles. The van der Waals surface area contributed by atoms with Crippen LogP contribution in [0.4, 0.5) is 5.69 Å². The third-order valence-electron chi connectivity index (χ3n) is 2.06. The SMILES string of the molecule is CN(C)CC(=O)N(C)c1ccc(O)cc1. The average molecular weight is 208 g/mol. The molecule has 4 heteroatoms. The molecule has 0 aliphatic rings. The summed E-state index contributed by atoms with van der Waals surface area (Å²) in [6.07, 6.45) is 0. The van der Waals surface area contributed by atoms with E-state index in [-0.39, 0.29) is 11.7 Å². The molecule has 0 spiro atoms. The van der Waals surface area contributed by atoms with Crippen LogP contribution in [0.2, 0.25) is 0 Å². The predicted molar refractivity (Wildman–Crippen MR) is 60.1 cm³/mol. The molecule has 0 bridgehead atoms. The van der Waals surface area contributed by atoms with E-state index in [9.17, 15) is 4.79 Å². The summed E-state index contributed by atoms with van der Waals surface area (Å²) in [6.45, 7) is 0.372. The lowest BCUT2D eigenvalue weighted by molar-refractivity contribution is -0.118. The number of amides is 1. The summed E-state index contributed by atoms with van der Waals surface area (Å²) in [7, 11) is 5.42. The molecule has 1 N–H and O–H groups in total. The van der Waals surface area contributed by atoms with Crippen LogP contribution >= 0.6 is 0 Å². The van der Waals surface area contributed by atoms with E-state index in [1.165, 1.54) is 0 Å². The van der Waals surface area contributed by atoms with Gasteiger partial charge in [0.25, 0.3) is 0 Å². The molecule has 0 fully saturated rings. The Morgan fingerprint density at radius 3 is 2.20 bits per heavy atom. The van der Waals surface area contributed by atoms with Crippen LogP contribution in [0.25, 0.3) is 0 Å². The lowest BCUT2D eigenvalue weighted by Crippen LogP contribution is -2.34. The van der Waals surface area contributed by atoms with Crippen molar-refractivity contribution in [2.24, 2.45) is 0 Å². The van der Waals surface area contributed by atoms with Gasteiger partial charge in [-0.1, -0.05) is 0 Å². The van der Waals surface area contributed by atoms with Gasteiger partial charge in [0.1, 0.15) is 5.75 Å². The summed E-state index contributed by atoms with van der Waals surface area (Å²) < 4.78 is 0. The predicted octanol–water partition coefficient (Wildman–Crippen LogP) is 0.917. The van der Waals surface area contributed by atoms with Crippen LogP contribution in [0, 0.1) is 0 Å². The van der Waals surface area contributed by atoms with Crippen molar-refractivity contribution in [1.29, 1.82) is 0 Å². The van der Waals surface area contributed by atoms with E-state index in [0.717, 1.165) is 5.69 Å². The number of hydrogen-bond donors (Lipinski definition) is 1. The second kappa shape index (κ2) is 4.79. The summed E-state index contributed by atoms with van der Waals surface area (Å²) in [5, 5.41) is 9.11. The number of carbonyl (C=O) groups excluding carboxylic acids is 1. The zero-order chi connectivity index (χ0) is 11.4. The molecule has 0 aliphatic heterocycles. The fourth-order valence-corrected chi connectivity index (χ4v) is 1.20. The second-order valence-electron chi connectivity index (χ2n) is 3.71. The molecule has 15 heavy (non-hydrogen) atoms. The molecule has 0 atom stereocenters. The van der Waals surface area contributed by atoms with Crippen molar-refractivity contribution in [1.82, 2.24) is 4.90 Å². The van der Waals surface area contributed by atoms with Crippen molar-refractivity contribution in [2.75, 3.05) is 32.6 Å². The molecule has 0 saturated carbocycles. The van der Waals surface area contributed by atoms with Crippen molar-refractivity contribution in [3.63, 3.8) is 0 Å². The molecular weight excluding hydrogens is 192 g/mol. The number of rotatable bonds is 3. The summed E-state index contributed by atoms with van der Waals surface area (Å²) in [5.74, 6) is 0.220. The molecule has 0 aliphatic carbocycles. The van der Waals surface area contributed by atoms with Crippen LogP contribution < -0.4 is 4.90 Å². The average Bonchev–Trinajstić information content (AvgIpc) is 2.17. The maximum absolute atomic E-state index is 11.7. The standard InChI is InChI=1S/C11H16N2O2/c1-12(2)8-11(15)13(3)9-4-6-10(14)7-5-9/h4-7,14H,8H2,1-3H3. The fourth-order valence-electron chi connectivity index (χ4n) is 1.20. The van der Waals surface area contributed by atoms with Gasteiger partial charge in [-0.05, 0) is 38.4 Å². The van der Waals surface area contributed by atoms with Gasteiger partial charge in [0.15, 0.2) is 0 Å². The summed E-state index contributed by atoms with van der Waals surface area (Å²) in [4.78, 5) is 15.0. The summed E-state index contributed by atoms with van der Waals surface area (Å²) in [5.41, 5.74) is 0.777. The first kappa shape index (κ1) is 11.5. The van der Waals surface area contributed by atoms with E-state index in [1.807, 2.05) is 19.0 Å². The summed E-state index contributed by atoms with van der Waals surface area (Å²) >= 11 is 0. The quantitative estimate of drug-likeness (QED) is 0.803. The van der Waals surface area contributed by atoms with Crippen LogP contribution in [0.3, 0.4) is 0 Å². The first-order valence-corrected chi connectivity index (χ1v) is 4.71. The number of phenols is 1. The molecule has 0 aromatic heterocycles.